The van der Waals surface area contributed by atoms with Gasteiger partial charge in [-0.3, -0.25) is 5.10 Å². The second-order valence-corrected chi connectivity index (χ2v) is 7.09. The fourth-order valence-corrected chi connectivity index (χ4v) is 3.95. The van der Waals surface area contributed by atoms with Crippen LogP contribution in [0.1, 0.15) is 17.0 Å². The predicted molar refractivity (Wildman–Crippen MR) is 114 cm³/mol. The highest BCUT2D eigenvalue weighted by atomic mass is 35.5. The molecule has 0 aliphatic carbocycles. The topological polar surface area (TPSA) is 115 Å². The summed E-state index contributed by atoms with van der Waals surface area (Å²) in [5.41, 5.74) is 8.97. The molecule has 1 aromatic heterocycles. The summed E-state index contributed by atoms with van der Waals surface area (Å²) >= 11 is 6.44. The zero-order valence-corrected chi connectivity index (χ0v) is 17.8. The van der Waals surface area contributed by atoms with Gasteiger partial charge in [-0.25, -0.2) is 0 Å². The normalized spacial score (nSPS) is 15.0. The van der Waals surface area contributed by atoms with Gasteiger partial charge in [0.25, 0.3) is 0 Å². The van der Waals surface area contributed by atoms with Crippen molar-refractivity contribution < 1.29 is 18.9 Å². The zero-order valence-electron chi connectivity index (χ0n) is 17.0. The molecular formula is C22H19ClN4O4. The molecule has 0 bridgehead atoms. The molecule has 0 unspecified atom stereocenters. The molecule has 0 saturated carbocycles. The van der Waals surface area contributed by atoms with Gasteiger partial charge in [-0.1, -0.05) is 29.8 Å². The average molecular weight is 439 g/mol. The molecule has 2 aromatic carbocycles. The van der Waals surface area contributed by atoms with E-state index in [1.807, 2.05) is 18.2 Å². The van der Waals surface area contributed by atoms with Gasteiger partial charge < -0.3 is 24.7 Å². The summed E-state index contributed by atoms with van der Waals surface area (Å²) in [4.78, 5) is 0. The summed E-state index contributed by atoms with van der Waals surface area (Å²) in [7, 11) is 4.58. The fourth-order valence-electron chi connectivity index (χ4n) is 3.72. The number of nitrogens with one attached hydrogen (secondary N) is 1. The van der Waals surface area contributed by atoms with Gasteiger partial charge in [0.1, 0.15) is 11.6 Å². The lowest BCUT2D eigenvalue weighted by Gasteiger charge is -2.25. The third kappa shape index (κ3) is 3.29. The van der Waals surface area contributed by atoms with E-state index in [4.69, 9.17) is 36.3 Å². The molecule has 0 amide bonds. The van der Waals surface area contributed by atoms with Crippen molar-refractivity contribution in [3.05, 3.63) is 64.0 Å². The quantitative estimate of drug-likeness (QED) is 0.619. The number of ether oxygens (including phenoxy) is 4. The Balaban J connectivity index is 2.00. The lowest BCUT2D eigenvalue weighted by atomic mass is 9.82. The number of hydrogen-bond acceptors (Lipinski definition) is 7. The van der Waals surface area contributed by atoms with E-state index in [9.17, 15) is 5.26 Å². The van der Waals surface area contributed by atoms with Crippen molar-refractivity contribution in [1.29, 1.82) is 5.26 Å². The molecule has 9 heteroatoms. The van der Waals surface area contributed by atoms with E-state index in [1.165, 1.54) is 21.3 Å². The zero-order chi connectivity index (χ0) is 22.1. The Kier molecular flexibility index (Phi) is 5.36. The average Bonchev–Trinajstić information content (AvgIpc) is 3.20. The molecular weight excluding hydrogens is 420 g/mol. The van der Waals surface area contributed by atoms with E-state index in [-0.39, 0.29) is 17.3 Å². The number of aromatic nitrogens is 2. The molecule has 1 aliphatic heterocycles. The summed E-state index contributed by atoms with van der Waals surface area (Å²) in [5, 5.41) is 17.7. The minimum atomic E-state index is -0.604. The van der Waals surface area contributed by atoms with Crippen molar-refractivity contribution in [1.82, 2.24) is 10.2 Å². The molecule has 3 aromatic rings. The van der Waals surface area contributed by atoms with Crippen LogP contribution < -0.4 is 24.7 Å². The number of methoxy groups -OCH3 is 3. The molecule has 3 N–H and O–H groups in total. The molecule has 1 atom stereocenters. The van der Waals surface area contributed by atoms with Gasteiger partial charge in [-0.2, -0.15) is 5.26 Å². The lowest BCUT2D eigenvalue weighted by Crippen LogP contribution is -2.21. The van der Waals surface area contributed by atoms with Gasteiger partial charge in [0.15, 0.2) is 11.5 Å². The second-order valence-electron chi connectivity index (χ2n) is 6.68. The molecule has 4 rings (SSSR count). The van der Waals surface area contributed by atoms with Gasteiger partial charge in [-0.05, 0) is 23.8 Å². The maximum Gasteiger partial charge on any atom is 0.244 e. The van der Waals surface area contributed by atoms with Crippen LogP contribution >= 0.6 is 11.6 Å². The highest BCUT2D eigenvalue weighted by molar-refractivity contribution is 6.33. The number of aromatic amines is 1. The van der Waals surface area contributed by atoms with Gasteiger partial charge in [-0.15, -0.1) is 5.10 Å². The van der Waals surface area contributed by atoms with Gasteiger partial charge >= 0.3 is 0 Å². The van der Waals surface area contributed by atoms with E-state index in [1.54, 1.807) is 18.2 Å². The highest BCUT2D eigenvalue weighted by Crippen LogP contribution is 2.49. The number of H-pyrrole nitrogens is 1. The Morgan fingerprint density at radius 3 is 2.39 bits per heavy atom. The highest BCUT2D eigenvalue weighted by Gasteiger charge is 2.37. The molecule has 0 radical (unpaired) electrons. The van der Waals surface area contributed by atoms with Crippen LogP contribution in [0.2, 0.25) is 5.02 Å². The molecule has 0 spiro atoms. The smallest absolute Gasteiger partial charge is 0.244 e. The van der Waals surface area contributed by atoms with Crippen LogP contribution in [0.25, 0.3) is 11.3 Å². The molecule has 31 heavy (non-hydrogen) atoms. The second kappa shape index (κ2) is 8.13. The number of nitrogens with zero attached hydrogens (tertiary/aromatic N) is 2. The van der Waals surface area contributed by atoms with Crippen LogP contribution in [0.3, 0.4) is 0 Å². The van der Waals surface area contributed by atoms with E-state index in [2.05, 4.69) is 16.3 Å². The standard InChI is InChI=1S/C22H19ClN4O4/c1-28-15-8-11(9-16(29-2)20(15)30-3)17-13(10-24)21(25)31-22-18(17)19(26-27-22)12-6-4-5-7-14(12)23/h4-9,17H,25H2,1-3H3,(H,26,27)/t17-/m0/s1. The summed E-state index contributed by atoms with van der Waals surface area (Å²) in [6, 6.07) is 13.0. The number of nitrogens with two attached hydrogens (primary N) is 1. The van der Waals surface area contributed by atoms with Crippen LogP contribution in [-0.4, -0.2) is 31.5 Å². The maximum atomic E-state index is 9.91. The van der Waals surface area contributed by atoms with Crippen molar-refractivity contribution >= 4 is 11.6 Å². The van der Waals surface area contributed by atoms with Crippen molar-refractivity contribution in [3.8, 4) is 40.5 Å². The fraction of sp³-hybridized carbons (Fsp3) is 0.182. The van der Waals surface area contributed by atoms with Crippen molar-refractivity contribution in [2.75, 3.05) is 21.3 Å². The van der Waals surface area contributed by atoms with Gasteiger partial charge in [0.2, 0.25) is 17.5 Å². The molecule has 1 aliphatic rings. The summed E-state index contributed by atoms with van der Waals surface area (Å²) in [5.74, 6) is 0.978. The summed E-state index contributed by atoms with van der Waals surface area (Å²) in [6.07, 6.45) is 0. The minimum Gasteiger partial charge on any atom is -0.493 e. The first-order valence-electron chi connectivity index (χ1n) is 9.24. The third-order valence-corrected chi connectivity index (χ3v) is 5.43. The Hall–Kier alpha value is -3.83. The summed E-state index contributed by atoms with van der Waals surface area (Å²) in [6.45, 7) is 0. The Morgan fingerprint density at radius 1 is 1.13 bits per heavy atom. The maximum absolute atomic E-state index is 9.91. The molecule has 0 fully saturated rings. The number of halogens is 1. The van der Waals surface area contributed by atoms with E-state index >= 15 is 0 Å². The van der Waals surface area contributed by atoms with Crippen molar-refractivity contribution in [3.63, 3.8) is 0 Å². The van der Waals surface area contributed by atoms with Crippen LogP contribution in [0, 0.1) is 11.3 Å². The van der Waals surface area contributed by atoms with Crippen LogP contribution in [0.5, 0.6) is 23.1 Å². The Morgan fingerprint density at radius 2 is 1.81 bits per heavy atom. The Bertz CT molecular complexity index is 1200. The molecule has 0 saturated heterocycles. The third-order valence-electron chi connectivity index (χ3n) is 5.10. The van der Waals surface area contributed by atoms with Crippen molar-refractivity contribution in [2.45, 2.75) is 5.92 Å². The summed E-state index contributed by atoms with van der Waals surface area (Å²) < 4.78 is 22.1. The van der Waals surface area contributed by atoms with Gasteiger partial charge in [0.05, 0.1) is 38.5 Å². The minimum absolute atomic E-state index is 0.0223. The number of allylic oxidation sites excluding steroid dienone is 1. The Labute approximate surface area is 183 Å². The lowest BCUT2D eigenvalue weighted by molar-refractivity contribution is 0.323. The first kappa shape index (κ1) is 20.4. The van der Waals surface area contributed by atoms with Gasteiger partial charge in [0, 0.05) is 10.6 Å². The molecule has 158 valence electrons. The number of fused-ring (bicyclic) bond motifs is 1. The largest absolute Gasteiger partial charge is 0.493 e. The predicted octanol–water partition coefficient (Wildman–Crippen LogP) is 3.97. The van der Waals surface area contributed by atoms with Crippen LogP contribution in [0.15, 0.2) is 47.9 Å². The molecule has 8 nitrogen and oxygen atoms in total. The van der Waals surface area contributed by atoms with Crippen molar-refractivity contribution in [2.24, 2.45) is 5.73 Å². The number of benzene rings is 2. The first-order valence-corrected chi connectivity index (χ1v) is 9.62. The van der Waals surface area contributed by atoms with E-state index in [0.29, 0.717) is 39.1 Å². The number of hydrogen-bond donors (Lipinski definition) is 2. The number of rotatable bonds is 5. The number of nitriles is 1. The van der Waals surface area contributed by atoms with E-state index < -0.39 is 5.92 Å². The van der Waals surface area contributed by atoms with Crippen LogP contribution in [0.4, 0.5) is 0 Å². The SMILES string of the molecule is COc1cc([C@H]2C(C#N)=C(N)Oc3n[nH]c(-c4ccccc4Cl)c32)cc(OC)c1OC. The van der Waals surface area contributed by atoms with Crippen LogP contribution in [-0.2, 0) is 0 Å². The monoisotopic (exact) mass is 438 g/mol. The van der Waals surface area contributed by atoms with E-state index in [0.717, 1.165) is 5.56 Å². The first-order chi connectivity index (χ1) is 15.0. The molecule has 2 heterocycles.